The van der Waals surface area contributed by atoms with E-state index in [2.05, 4.69) is 5.32 Å². The van der Waals surface area contributed by atoms with Crippen LogP contribution in [-0.2, 0) is 11.3 Å². The Balaban J connectivity index is 1.61. The minimum absolute atomic E-state index is 0.101. The SMILES string of the molecule is C[C@@]1(C(=O)NC2CCCC2)Cn2c(ccc2-c2ccco2)C(=O)N1c1cccc(F)c1. The number of aromatic nitrogens is 1. The molecule has 31 heavy (non-hydrogen) atoms. The summed E-state index contributed by atoms with van der Waals surface area (Å²) in [6, 6.07) is 13.1. The molecule has 1 N–H and O–H groups in total. The van der Waals surface area contributed by atoms with Gasteiger partial charge in [-0.05, 0) is 62.2 Å². The maximum Gasteiger partial charge on any atom is 0.275 e. The van der Waals surface area contributed by atoms with Gasteiger partial charge in [0.1, 0.15) is 22.8 Å². The van der Waals surface area contributed by atoms with Crippen molar-refractivity contribution in [2.75, 3.05) is 4.90 Å². The summed E-state index contributed by atoms with van der Waals surface area (Å²) in [5.74, 6) is -0.418. The molecule has 1 aromatic carbocycles. The van der Waals surface area contributed by atoms with Crippen molar-refractivity contribution in [3.63, 3.8) is 0 Å². The lowest BCUT2D eigenvalue weighted by Gasteiger charge is -2.44. The third-order valence-electron chi connectivity index (χ3n) is 6.38. The molecule has 1 aliphatic heterocycles. The Labute approximate surface area is 179 Å². The summed E-state index contributed by atoms with van der Waals surface area (Å²) in [7, 11) is 0. The zero-order valence-corrected chi connectivity index (χ0v) is 17.3. The van der Waals surface area contributed by atoms with Gasteiger partial charge in [-0.1, -0.05) is 18.9 Å². The van der Waals surface area contributed by atoms with Gasteiger partial charge in [0.2, 0.25) is 5.91 Å². The number of anilines is 1. The predicted molar refractivity (Wildman–Crippen MR) is 114 cm³/mol. The molecule has 2 aliphatic rings. The van der Waals surface area contributed by atoms with E-state index in [1.54, 1.807) is 37.5 Å². The van der Waals surface area contributed by atoms with E-state index in [1.807, 2.05) is 16.7 Å². The Morgan fingerprint density at radius 3 is 2.61 bits per heavy atom. The van der Waals surface area contributed by atoms with Gasteiger partial charge in [-0.15, -0.1) is 0 Å². The Morgan fingerprint density at radius 2 is 1.90 bits per heavy atom. The van der Waals surface area contributed by atoms with Crippen LogP contribution in [0.15, 0.2) is 59.2 Å². The fourth-order valence-electron chi connectivity index (χ4n) is 4.78. The van der Waals surface area contributed by atoms with Gasteiger partial charge in [0.25, 0.3) is 5.91 Å². The van der Waals surface area contributed by atoms with Gasteiger partial charge in [0.15, 0.2) is 0 Å². The minimum atomic E-state index is -1.24. The third-order valence-corrected chi connectivity index (χ3v) is 6.38. The predicted octanol–water partition coefficient (Wildman–Crippen LogP) is 4.37. The van der Waals surface area contributed by atoms with E-state index in [9.17, 15) is 14.0 Å². The summed E-state index contributed by atoms with van der Waals surface area (Å²) in [4.78, 5) is 28.7. The molecule has 6 nitrogen and oxygen atoms in total. The van der Waals surface area contributed by atoms with E-state index in [-0.39, 0.29) is 24.4 Å². The summed E-state index contributed by atoms with van der Waals surface area (Å²) >= 11 is 0. The quantitative estimate of drug-likeness (QED) is 0.680. The van der Waals surface area contributed by atoms with E-state index in [1.165, 1.54) is 17.0 Å². The summed E-state index contributed by atoms with van der Waals surface area (Å²) in [5, 5.41) is 3.14. The Hall–Kier alpha value is -3.35. The second kappa shape index (κ2) is 7.41. The van der Waals surface area contributed by atoms with E-state index in [0.717, 1.165) is 31.4 Å². The number of nitrogens with one attached hydrogen (secondary N) is 1. The maximum absolute atomic E-state index is 14.1. The molecular formula is C24H24FN3O3. The summed E-state index contributed by atoms with van der Waals surface area (Å²) < 4.78 is 21.4. The lowest BCUT2D eigenvalue weighted by atomic mass is 9.93. The number of furan rings is 1. The topological polar surface area (TPSA) is 67.5 Å². The fraction of sp³-hybridized carbons (Fsp3) is 0.333. The normalized spacial score (nSPS) is 21.4. The van der Waals surface area contributed by atoms with Crippen molar-refractivity contribution in [2.45, 2.75) is 50.7 Å². The molecular weight excluding hydrogens is 397 g/mol. The largest absolute Gasteiger partial charge is 0.463 e. The highest BCUT2D eigenvalue weighted by molar-refractivity contribution is 6.12. The molecule has 5 rings (SSSR count). The zero-order chi connectivity index (χ0) is 21.6. The van der Waals surface area contributed by atoms with E-state index < -0.39 is 11.4 Å². The van der Waals surface area contributed by atoms with E-state index in [4.69, 9.17) is 4.42 Å². The van der Waals surface area contributed by atoms with Crippen molar-refractivity contribution in [3.8, 4) is 11.5 Å². The van der Waals surface area contributed by atoms with Crippen LogP contribution in [0.3, 0.4) is 0 Å². The molecule has 1 fully saturated rings. The highest BCUT2D eigenvalue weighted by Gasteiger charge is 2.49. The first kappa shape index (κ1) is 19.6. The molecule has 0 bridgehead atoms. The molecule has 0 radical (unpaired) electrons. The molecule has 0 unspecified atom stereocenters. The highest BCUT2D eigenvalue weighted by atomic mass is 19.1. The van der Waals surface area contributed by atoms with Crippen LogP contribution in [-0.4, -0.2) is 28.0 Å². The minimum Gasteiger partial charge on any atom is -0.463 e. The number of carbonyl (C=O) groups excluding carboxylic acids is 2. The molecule has 2 aromatic heterocycles. The van der Waals surface area contributed by atoms with Crippen LogP contribution in [0, 0.1) is 5.82 Å². The molecule has 0 spiro atoms. The molecule has 7 heteroatoms. The maximum atomic E-state index is 14.1. The third kappa shape index (κ3) is 3.24. The second-order valence-corrected chi connectivity index (χ2v) is 8.52. The van der Waals surface area contributed by atoms with Gasteiger partial charge >= 0.3 is 0 Å². The molecule has 0 saturated heterocycles. The van der Waals surface area contributed by atoms with Gasteiger partial charge in [-0.3, -0.25) is 14.5 Å². The number of carbonyl (C=O) groups is 2. The number of halogens is 1. The van der Waals surface area contributed by atoms with Crippen molar-refractivity contribution in [1.29, 1.82) is 0 Å². The van der Waals surface area contributed by atoms with Crippen LogP contribution in [0.1, 0.15) is 43.1 Å². The molecule has 2 amide bonds. The van der Waals surface area contributed by atoms with Crippen molar-refractivity contribution in [2.24, 2.45) is 0 Å². The van der Waals surface area contributed by atoms with Crippen LogP contribution >= 0.6 is 0 Å². The summed E-state index contributed by atoms with van der Waals surface area (Å²) in [6.07, 6.45) is 5.60. The molecule has 1 atom stereocenters. The number of hydrogen-bond acceptors (Lipinski definition) is 3. The number of rotatable bonds is 4. The number of fused-ring (bicyclic) bond motifs is 1. The zero-order valence-electron chi connectivity index (χ0n) is 17.3. The number of hydrogen-bond donors (Lipinski definition) is 1. The van der Waals surface area contributed by atoms with Crippen molar-refractivity contribution < 1.29 is 18.4 Å². The van der Waals surface area contributed by atoms with Crippen molar-refractivity contribution in [1.82, 2.24) is 9.88 Å². The van der Waals surface area contributed by atoms with Crippen LogP contribution in [0.25, 0.3) is 11.5 Å². The molecule has 160 valence electrons. The molecule has 1 saturated carbocycles. The summed E-state index contributed by atoms with van der Waals surface area (Å²) in [5.41, 5.74) is 0.288. The summed E-state index contributed by atoms with van der Waals surface area (Å²) in [6.45, 7) is 1.97. The number of amides is 2. The Bertz CT molecular complexity index is 1130. The molecule has 3 aromatic rings. The van der Waals surface area contributed by atoms with E-state index in [0.29, 0.717) is 17.1 Å². The average Bonchev–Trinajstić information content (AvgIpc) is 3.49. The Kier molecular flexibility index (Phi) is 4.68. The molecule has 3 heterocycles. The van der Waals surface area contributed by atoms with E-state index >= 15 is 0 Å². The van der Waals surface area contributed by atoms with Crippen molar-refractivity contribution >= 4 is 17.5 Å². The van der Waals surface area contributed by atoms with Gasteiger partial charge < -0.3 is 14.3 Å². The van der Waals surface area contributed by atoms with Gasteiger partial charge in [-0.25, -0.2) is 4.39 Å². The first-order chi connectivity index (χ1) is 15.0. The smallest absolute Gasteiger partial charge is 0.275 e. The van der Waals surface area contributed by atoms with Crippen LogP contribution in [0.5, 0.6) is 0 Å². The van der Waals surface area contributed by atoms with Crippen molar-refractivity contribution in [3.05, 3.63) is 66.3 Å². The lowest BCUT2D eigenvalue weighted by molar-refractivity contribution is -0.127. The number of benzene rings is 1. The average molecular weight is 421 g/mol. The van der Waals surface area contributed by atoms with Gasteiger partial charge in [-0.2, -0.15) is 0 Å². The Morgan fingerprint density at radius 1 is 1.13 bits per heavy atom. The van der Waals surface area contributed by atoms with Gasteiger partial charge in [0, 0.05) is 11.7 Å². The van der Waals surface area contributed by atoms with Crippen LogP contribution in [0.2, 0.25) is 0 Å². The number of nitrogens with zero attached hydrogens (tertiary/aromatic N) is 2. The first-order valence-corrected chi connectivity index (χ1v) is 10.6. The van der Waals surface area contributed by atoms with Gasteiger partial charge in [0.05, 0.1) is 18.5 Å². The monoisotopic (exact) mass is 421 g/mol. The standard InChI is InChI=1S/C24H24FN3O3/c1-24(23(30)26-17-7-2-3-8-17)15-27-19(21-10-5-13-31-21)11-12-20(27)22(29)28(24)18-9-4-6-16(25)14-18/h4-6,9-14,17H,2-3,7-8,15H2,1H3,(H,26,30)/t24-/m0/s1. The second-order valence-electron chi connectivity index (χ2n) is 8.52. The fourth-order valence-corrected chi connectivity index (χ4v) is 4.78. The first-order valence-electron chi connectivity index (χ1n) is 10.6. The van der Waals surface area contributed by atoms with Crippen LogP contribution in [0.4, 0.5) is 10.1 Å². The molecule has 1 aliphatic carbocycles. The van der Waals surface area contributed by atoms with Crippen LogP contribution < -0.4 is 10.2 Å². The lowest BCUT2D eigenvalue weighted by Crippen LogP contribution is -2.65. The highest BCUT2D eigenvalue weighted by Crippen LogP contribution is 2.37.